The molecular weight excluding hydrogens is 829 g/mol. The number of hydrogen-bond acceptors (Lipinski definition) is 6. The van der Waals surface area contributed by atoms with E-state index >= 15 is 0 Å². The smallest absolute Gasteiger partial charge is 0.306 e. The first-order valence-corrected chi connectivity index (χ1v) is 28.4. The Morgan fingerprint density at radius 3 is 0.970 bits per heavy atom. The fourth-order valence-corrected chi connectivity index (χ4v) is 7.92. The molecule has 0 aromatic rings. The van der Waals surface area contributed by atoms with Crippen molar-refractivity contribution >= 4 is 17.9 Å². The van der Waals surface area contributed by atoms with E-state index < -0.39 is 6.10 Å². The zero-order chi connectivity index (χ0) is 48.6. The average Bonchev–Trinajstić information content (AvgIpc) is 3.33. The molecule has 0 aliphatic rings. The standard InChI is InChI=1S/C61H106O6/c1-4-7-10-13-16-19-22-24-26-28-29-30-31-33-34-36-39-42-45-48-51-54-60(63)66-57-58(56-65-59(62)53-50-47-44-41-38-21-18-15-12-9-6-3)67-61(64)55-52-49-46-43-40-37-35-32-27-25-23-20-17-14-11-8-5-2/h7,10,15-16,18-19,24,26,29-30,33-34,58H,4-6,8-9,11-14,17,20-23,25,27-28,31-32,35-57H2,1-3H3/b10-7-,18-15-,19-16-,26-24-,30-29-,34-33-. The quantitative estimate of drug-likeness (QED) is 0.0262. The molecule has 386 valence electrons. The van der Waals surface area contributed by atoms with E-state index in [1.807, 2.05) is 0 Å². The highest BCUT2D eigenvalue weighted by Crippen LogP contribution is 2.16. The summed E-state index contributed by atoms with van der Waals surface area (Å²) in [5.74, 6) is -0.903. The van der Waals surface area contributed by atoms with Crippen LogP contribution in [0.2, 0.25) is 0 Å². The van der Waals surface area contributed by atoms with Crippen molar-refractivity contribution < 1.29 is 28.6 Å². The van der Waals surface area contributed by atoms with Crippen LogP contribution in [0, 0.1) is 0 Å². The maximum Gasteiger partial charge on any atom is 0.306 e. The molecule has 0 amide bonds. The van der Waals surface area contributed by atoms with Crippen molar-refractivity contribution in [1.29, 1.82) is 0 Å². The van der Waals surface area contributed by atoms with Crippen LogP contribution in [-0.4, -0.2) is 37.2 Å². The Bertz CT molecular complexity index is 1260. The van der Waals surface area contributed by atoms with E-state index in [9.17, 15) is 14.4 Å². The summed E-state index contributed by atoms with van der Waals surface area (Å²) in [5.41, 5.74) is 0. The summed E-state index contributed by atoms with van der Waals surface area (Å²) in [4.78, 5) is 38.1. The van der Waals surface area contributed by atoms with E-state index in [1.165, 1.54) is 122 Å². The highest BCUT2D eigenvalue weighted by molar-refractivity contribution is 5.71. The maximum absolute atomic E-state index is 12.8. The first-order valence-electron chi connectivity index (χ1n) is 28.4. The fourth-order valence-electron chi connectivity index (χ4n) is 7.92. The van der Waals surface area contributed by atoms with Gasteiger partial charge >= 0.3 is 17.9 Å². The van der Waals surface area contributed by atoms with Gasteiger partial charge in [0.05, 0.1) is 0 Å². The SMILES string of the molecule is CC/C=C\C/C=C\C/C=C\C/C=C\C/C=C\CCCCCCCC(=O)OCC(COC(=O)CCCCCCC/C=C\CCCC)OC(=O)CCCCCCCCCCCCCCCCCCC. The molecule has 6 nitrogen and oxygen atoms in total. The third kappa shape index (κ3) is 53.7. The highest BCUT2D eigenvalue weighted by atomic mass is 16.6. The van der Waals surface area contributed by atoms with Crippen LogP contribution in [-0.2, 0) is 28.6 Å². The van der Waals surface area contributed by atoms with Crippen LogP contribution in [0.5, 0.6) is 0 Å². The van der Waals surface area contributed by atoms with E-state index in [2.05, 4.69) is 93.7 Å². The Labute approximate surface area is 414 Å². The summed E-state index contributed by atoms with van der Waals surface area (Å²) in [6.07, 6.45) is 70.3. The van der Waals surface area contributed by atoms with Crippen molar-refractivity contribution in [2.45, 2.75) is 284 Å². The minimum atomic E-state index is -0.785. The molecule has 0 bridgehead atoms. The van der Waals surface area contributed by atoms with E-state index in [4.69, 9.17) is 14.2 Å². The van der Waals surface area contributed by atoms with Gasteiger partial charge in [-0.25, -0.2) is 0 Å². The minimum absolute atomic E-state index is 0.0842. The Morgan fingerprint density at radius 2 is 0.597 bits per heavy atom. The molecule has 1 unspecified atom stereocenters. The normalized spacial score (nSPS) is 12.6. The molecule has 0 fully saturated rings. The second-order valence-electron chi connectivity index (χ2n) is 18.8. The summed E-state index contributed by atoms with van der Waals surface area (Å²) in [5, 5.41) is 0. The van der Waals surface area contributed by atoms with Gasteiger partial charge in [0.25, 0.3) is 0 Å². The van der Waals surface area contributed by atoms with Crippen LogP contribution in [0.25, 0.3) is 0 Å². The number of allylic oxidation sites excluding steroid dienone is 12. The number of carbonyl (C=O) groups excluding carboxylic acids is 3. The molecule has 6 heteroatoms. The molecule has 0 radical (unpaired) electrons. The second kappa shape index (κ2) is 55.4. The number of unbranched alkanes of at least 4 members (excludes halogenated alkanes) is 28. The van der Waals surface area contributed by atoms with E-state index in [0.717, 1.165) is 116 Å². The van der Waals surface area contributed by atoms with Gasteiger partial charge in [-0.1, -0.05) is 248 Å². The van der Waals surface area contributed by atoms with Gasteiger partial charge < -0.3 is 14.2 Å². The van der Waals surface area contributed by atoms with E-state index in [-0.39, 0.29) is 31.1 Å². The summed E-state index contributed by atoms with van der Waals surface area (Å²) < 4.78 is 16.8. The lowest BCUT2D eigenvalue weighted by Gasteiger charge is -2.18. The van der Waals surface area contributed by atoms with Crippen LogP contribution >= 0.6 is 0 Å². The van der Waals surface area contributed by atoms with Gasteiger partial charge in [-0.15, -0.1) is 0 Å². The maximum atomic E-state index is 12.8. The number of hydrogen-bond donors (Lipinski definition) is 0. The van der Waals surface area contributed by atoms with Crippen LogP contribution in [0.15, 0.2) is 72.9 Å². The Hall–Kier alpha value is -3.15. The molecule has 67 heavy (non-hydrogen) atoms. The van der Waals surface area contributed by atoms with Crippen molar-refractivity contribution in [2.75, 3.05) is 13.2 Å². The Kier molecular flexibility index (Phi) is 52.8. The lowest BCUT2D eigenvalue weighted by atomic mass is 10.0. The average molecular weight is 936 g/mol. The van der Waals surface area contributed by atoms with Gasteiger partial charge in [0.1, 0.15) is 13.2 Å². The molecule has 0 aromatic carbocycles. The first kappa shape index (κ1) is 63.8. The summed E-state index contributed by atoms with van der Waals surface area (Å²) in [7, 11) is 0. The second-order valence-corrected chi connectivity index (χ2v) is 18.8. The van der Waals surface area contributed by atoms with Gasteiger partial charge in [0.2, 0.25) is 0 Å². The predicted molar refractivity (Wildman–Crippen MR) is 288 cm³/mol. The number of ether oxygens (including phenoxy) is 3. The van der Waals surface area contributed by atoms with Gasteiger partial charge in [-0.2, -0.15) is 0 Å². The molecule has 0 saturated carbocycles. The predicted octanol–water partition coefficient (Wildman–Crippen LogP) is 19.0. The van der Waals surface area contributed by atoms with Crippen molar-refractivity contribution in [3.63, 3.8) is 0 Å². The molecule has 0 aliphatic carbocycles. The molecule has 0 aliphatic heterocycles. The van der Waals surface area contributed by atoms with Crippen molar-refractivity contribution in [3.8, 4) is 0 Å². The summed E-state index contributed by atoms with van der Waals surface area (Å²) in [6.45, 7) is 6.49. The molecule has 0 saturated heterocycles. The van der Waals surface area contributed by atoms with Crippen molar-refractivity contribution in [2.24, 2.45) is 0 Å². The van der Waals surface area contributed by atoms with Crippen LogP contribution in [0.4, 0.5) is 0 Å². The zero-order valence-corrected chi connectivity index (χ0v) is 44.2. The van der Waals surface area contributed by atoms with E-state index in [0.29, 0.717) is 19.3 Å². The third-order valence-corrected chi connectivity index (χ3v) is 12.2. The largest absolute Gasteiger partial charge is 0.462 e. The molecule has 0 aromatic heterocycles. The summed E-state index contributed by atoms with van der Waals surface area (Å²) in [6, 6.07) is 0. The lowest BCUT2D eigenvalue weighted by molar-refractivity contribution is -0.167. The van der Waals surface area contributed by atoms with Gasteiger partial charge in [-0.3, -0.25) is 14.4 Å². The van der Waals surface area contributed by atoms with Crippen LogP contribution in [0.1, 0.15) is 278 Å². The monoisotopic (exact) mass is 935 g/mol. The molecule has 0 rings (SSSR count). The molecule has 1 atom stereocenters. The van der Waals surface area contributed by atoms with Crippen molar-refractivity contribution in [1.82, 2.24) is 0 Å². The van der Waals surface area contributed by atoms with Gasteiger partial charge in [-0.05, 0) is 83.5 Å². The third-order valence-electron chi connectivity index (χ3n) is 12.2. The lowest BCUT2D eigenvalue weighted by Crippen LogP contribution is -2.30. The molecule has 0 spiro atoms. The molecule has 0 heterocycles. The van der Waals surface area contributed by atoms with Crippen LogP contribution in [0.3, 0.4) is 0 Å². The number of carbonyl (C=O) groups is 3. The number of esters is 3. The first-order chi connectivity index (χ1) is 33.0. The van der Waals surface area contributed by atoms with Gasteiger partial charge in [0.15, 0.2) is 6.10 Å². The molecular formula is C61H106O6. The molecule has 0 N–H and O–H groups in total. The minimum Gasteiger partial charge on any atom is -0.462 e. The highest BCUT2D eigenvalue weighted by Gasteiger charge is 2.19. The fraction of sp³-hybridized carbons (Fsp3) is 0.754. The summed E-state index contributed by atoms with van der Waals surface area (Å²) >= 11 is 0. The Morgan fingerprint density at radius 1 is 0.313 bits per heavy atom. The van der Waals surface area contributed by atoms with Crippen LogP contribution < -0.4 is 0 Å². The van der Waals surface area contributed by atoms with Gasteiger partial charge in [0, 0.05) is 19.3 Å². The van der Waals surface area contributed by atoms with E-state index in [1.54, 1.807) is 0 Å². The topological polar surface area (TPSA) is 78.9 Å². The Balaban J connectivity index is 4.36. The van der Waals surface area contributed by atoms with Crippen molar-refractivity contribution in [3.05, 3.63) is 72.9 Å². The zero-order valence-electron chi connectivity index (χ0n) is 44.2. The number of rotatable bonds is 51.